The molecule has 0 saturated carbocycles. The minimum Gasteiger partial charge on any atom is -0.507 e. The summed E-state index contributed by atoms with van der Waals surface area (Å²) in [5.74, 6) is 0.243. The van der Waals surface area contributed by atoms with E-state index in [4.69, 9.17) is 14.6 Å². The normalized spacial score (nSPS) is 15.0. The third kappa shape index (κ3) is 8.01. The lowest BCUT2D eigenvalue weighted by atomic mass is 9.68. The first-order chi connectivity index (χ1) is 34.8. The summed E-state index contributed by atoms with van der Waals surface area (Å²) in [7, 11) is 0. The van der Waals surface area contributed by atoms with Crippen molar-refractivity contribution >= 4 is 11.0 Å². The van der Waals surface area contributed by atoms with E-state index in [1.54, 1.807) is 34.9 Å². The number of aromatic hydroxyl groups is 1. The maximum atomic E-state index is 11.5. The molecular weight excluding hydrogens is 767 g/mol. The highest BCUT2D eigenvalue weighted by molar-refractivity contribution is 5.97. The van der Waals surface area contributed by atoms with E-state index in [0.29, 0.717) is 44.8 Å². The van der Waals surface area contributed by atoms with Gasteiger partial charge in [-0.25, -0.2) is 4.98 Å². The number of phenolic OH excluding ortho intramolecular Hbond substituents is 1. The highest BCUT2D eigenvalue weighted by Gasteiger charge is 2.33. The number of nitrogens with zero attached hydrogens (tertiary/aromatic N) is 3. The van der Waals surface area contributed by atoms with Gasteiger partial charge in [0.1, 0.15) is 11.6 Å². The van der Waals surface area contributed by atoms with E-state index in [0.717, 1.165) is 42.4 Å². The molecule has 4 heteroatoms. The smallest absolute Gasteiger partial charge is 0.149 e. The average Bonchev–Trinajstić information content (AvgIpc) is 3.77. The van der Waals surface area contributed by atoms with Crippen molar-refractivity contribution in [3.05, 3.63) is 168 Å². The zero-order valence-electron chi connectivity index (χ0n) is 48.9. The van der Waals surface area contributed by atoms with Crippen LogP contribution in [0.25, 0.3) is 72.7 Å². The largest absolute Gasteiger partial charge is 0.507 e. The molecule has 0 spiro atoms. The Bertz CT molecular complexity index is 3440. The van der Waals surface area contributed by atoms with Gasteiger partial charge in [0.05, 0.1) is 38.9 Å². The van der Waals surface area contributed by atoms with Crippen LogP contribution < -0.4 is 0 Å². The van der Waals surface area contributed by atoms with E-state index >= 15 is 0 Å². The fraction of sp³-hybridized carbons (Fsp3) is 0.288. The number of pyridine rings is 1. The third-order valence-corrected chi connectivity index (χ3v) is 13.6. The van der Waals surface area contributed by atoms with E-state index in [1.807, 2.05) is 69.3 Å². The van der Waals surface area contributed by atoms with Gasteiger partial charge in [-0.15, -0.1) is 0 Å². The number of aryl methyl sites for hydroxylation is 1. The molecule has 0 saturated heterocycles. The molecule has 2 heterocycles. The van der Waals surface area contributed by atoms with Crippen molar-refractivity contribution in [3.63, 3.8) is 0 Å². The second-order valence-corrected chi connectivity index (χ2v) is 18.2. The maximum absolute atomic E-state index is 11.5. The monoisotopic (exact) mass is 841 g/mol. The summed E-state index contributed by atoms with van der Waals surface area (Å²) in [6, 6.07) is 26.2. The molecule has 0 bridgehead atoms. The molecule has 0 aliphatic rings. The molecular formula is C59H63N3O. The maximum Gasteiger partial charge on any atom is 0.149 e. The van der Waals surface area contributed by atoms with Gasteiger partial charge < -0.3 is 5.11 Å². The van der Waals surface area contributed by atoms with E-state index in [-0.39, 0.29) is 45.0 Å². The molecule has 8 aromatic rings. The van der Waals surface area contributed by atoms with Crippen LogP contribution in [0.2, 0.25) is 0 Å². The van der Waals surface area contributed by atoms with Gasteiger partial charge in [0, 0.05) is 21.4 Å². The highest BCUT2D eigenvalue weighted by Crippen LogP contribution is 2.47. The summed E-state index contributed by atoms with van der Waals surface area (Å²) in [4.78, 5) is 9.72. The summed E-state index contributed by atoms with van der Waals surface area (Å²) >= 11 is 0. The Labute approximate surface area is 391 Å². The molecule has 6 aromatic carbocycles. The number of aromatic nitrogens is 3. The van der Waals surface area contributed by atoms with Crippen molar-refractivity contribution in [1.29, 1.82) is 0 Å². The SMILES string of the molecule is [2H]c1nc(-c2cc(-c3cccc4c3nc(-c3ccccc3O)n4-c3ccc(-c4c(C(C)(CC)CC)cccc4C(C)(CC)CC)cc3C([2H])([2H])[2H])cc(C(C)(C)C)c2)c([2H])c(-c2c([2H])c([2H])c([2H])c([2H])c2[2H])c1[2H]. The Morgan fingerprint density at radius 2 is 1.29 bits per heavy atom. The van der Waals surface area contributed by atoms with Gasteiger partial charge in [0.15, 0.2) is 0 Å². The minimum atomic E-state index is -2.61. The lowest BCUT2D eigenvalue weighted by Crippen LogP contribution is -2.25. The van der Waals surface area contributed by atoms with Crippen molar-refractivity contribution < 1.29 is 20.2 Å². The van der Waals surface area contributed by atoms with Gasteiger partial charge in [-0.3, -0.25) is 9.55 Å². The molecule has 0 fully saturated rings. The zero-order chi connectivity index (χ0) is 54.1. The fourth-order valence-electron chi connectivity index (χ4n) is 8.74. The van der Waals surface area contributed by atoms with Gasteiger partial charge >= 0.3 is 0 Å². The van der Waals surface area contributed by atoms with Gasteiger partial charge in [-0.1, -0.05) is 147 Å². The van der Waals surface area contributed by atoms with E-state index in [2.05, 4.69) is 64.7 Å². The second-order valence-electron chi connectivity index (χ2n) is 18.2. The summed E-state index contributed by atoms with van der Waals surface area (Å²) in [6.45, 7) is 16.8. The van der Waals surface area contributed by atoms with Crippen LogP contribution in [0.1, 0.15) is 125 Å². The van der Waals surface area contributed by atoms with Crippen molar-refractivity contribution in [2.24, 2.45) is 0 Å². The molecule has 8 rings (SSSR count). The number of hydrogen-bond donors (Lipinski definition) is 1. The van der Waals surface area contributed by atoms with Crippen LogP contribution in [-0.4, -0.2) is 19.6 Å². The highest BCUT2D eigenvalue weighted by atomic mass is 16.3. The Hall–Kier alpha value is -6.26. The Morgan fingerprint density at radius 1 is 0.635 bits per heavy atom. The number of fused-ring (bicyclic) bond motifs is 1. The number of benzene rings is 6. The molecule has 0 amide bonds. The molecule has 1 N–H and O–H groups in total. The number of phenols is 1. The van der Waals surface area contributed by atoms with E-state index in [1.165, 1.54) is 11.1 Å². The Balaban J connectivity index is 1.43. The van der Waals surface area contributed by atoms with Crippen LogP contribution in [0.3, 0.4) is 0 Å². The number of imidazole rings is 1. The van der Waals surface area contributed by atoms with Crippen molar-refractivity contribution in [1.82, 2.24) is 14.5 Å². The quantitative estimate of drug-likeness (QED) is 0.133. The summed E-state index contributed by atoms with van der Waals surface area (Å²) < 4.78 is 98.8. The van der Waals surface area contributed by atoms with Crippen LogP contribution in [0.5, 0.6) is 5.75 Å². The van der Waals surface area contributed by atoms with Gasteiger partial charge in [0.25, 0.3) is 0 Å². The molecule has 0 unspecified atom stereocenters. The van der Waals surface area contributed by atoms with Gasteiger partial charge in [-0.05, 0) is 153 Å². The average molecular weight is 841 g/mol. The lowest BCUT2D eigenvalue weighted by Gasteiger charge is -2.36. The molecule has 0 aliphatic carbocycles. The van der Waals surface area contributed by atoms with Crippen molar-refractivity contribution in [3.8, 4) is 67.5 Å². The van der Waals surface area contributed by atoms with Crippen LogP contribution >= 0.6 is 0 Å². The van der Waals surface area contributed by atoms with Crippen LogP contribution in [-0.2, 0) is 16.2 Å². The van der Waals surface area contributed by atoms with Crippen molar-refractivity contribution in [2.75, 3.05) is 0 Å². The molecule has 0 radical (unpaired) electrons. The zero-order valence-corrected chi connectivity index (χ0v) is 37.9. The number of rotatable bonds is 12. The molecule has 63 heavy (non-hydrogen) atoms. The van der Waals surface area contributed by atoms with Gasteiger partial charge in [-0.2, -0.15) is 0 Å². The standard InChI is InChI=1S/C59H63N3O/c1-11-58(9,12-2)48-26-21-27-49(59(10,13-3)14-4)54(48)42-30-31-51(39(5)34-42)62-52-28-20-25-46(55(52)61-56(62)47-24-18-19-29-53(47)63)43-35-44(37-45(36-43)57(6,7)8)50-38-41(32-33-60-50)40-22-16-15-17-23-40/h15-38,63H,11-14H2,1-10H3/i5D3,15D,16D,17D,22D,23D,32D,33D,38D. The molecule has 2 aromatic heterocycles. The summed E-state index contributed by atoms with van der Waals surface area (Å²) in [5, 5.41) is 11.5. The lowest BCUT2D eigenvalue weighted by molar-refractivity contribution is 0.426. The second kappa shape index (κ2) is 17.1. The van der Waals surface area contributed by atoms with Crippen molar-refractivity contribution in [2.45, 2.75) is 111 Å². The van der Waals surface area contributed by atoms with E-state index in [9.17, 15) is 10.6 Å². The summed E-state index contributed by atoms with van der Waals surface area (Å²) in [5.41, 5.74) is 6.91. The number of para-hydroxylation sites is 2. The summed E-state index contributed by atoms with van der Waals surface area (Å²) in [6.07, 6.45) is 3.01. The first-order valence-electron chi connectivity index (χ1n) is 27.6. The third-order valence-electron chi connectivity index (χ3n) is 13.6. The molecule has 0 aliphatic heterocycles. The van der Waals surface area contributed by atoms with Crippen LogP contribution in [0.4, 0.5) is 0 Å². The van der Waals surface area contributed by atoms with E-state index < -0.39 is 54.7 Å². The molecule has 0 atom stereocenters. The van der Waals surface area contributed by atoms with Crippen LogP contribution in [0.15, 0.2) is 146 Å². The van der Waals surface area contributed by atoms with Crippen LogP contribution in [0, 0.1) is 6.85 Å². The predicted octanol–water partition coefficient (Wildman–Crippen LogP) is 16.2. The first-order valence-corrected chi connectivity index (χ1v) is 22.1. The number of hydrogen-bond acceptors (Lipinski definition) is 3. The molecule has 320 valence electrons. The Morgan fingerprint density at radius 3 is 1.94 bits per heavy atom. The first kappa shape index (κ1) is 31.6. The molecule has 4 nitrogen and oxygen atoms in total. The predicted molar refractivity (Wildman–Crippen MR) is 267 cm³/mol. The minimum absolute atomic E-state index is 0.0312. The fourth-order valence-corrected chi connectivity index (χ4v) is 8.74. The topological polar surface area (TPSA) is 50.9 Å². The van der Waals surface area contributed by atoms with Gasteiger partial charge in [0.2, 0.25) is 0 Å². The Kier molecular flexibility index (Phi) is 8.58.